The van der Waals surface area contributed by atoms with E-state index in [0.717, 1.165) is 31.4 Å². The molecule has 0 unspecified atom stereocenters. The highest BCUT2D eigenvalue weighted by Crippen LogP contribution is 2.23. The molecule has 1 aliphatic heterocycles. The van der Waals surface area contributed by atoms with Crippen molar-refractivity contribution in [1.29, 1.82) is 0 Å². The minimum absolute atomic E-state index is 0.0773. The van der Waals surface area contributed by atoms with E-state index in [4.69, 9.17) is 9.47 Å². The number of benzene rings is 1. The number of sulfonamides is 1. The zero-order chi connectivity index (χ0) is 19.4. The SMILES string of the molecule is C[C@H](OC[C@@H]1CCCCO1)C(=O)NS(=O)(=O)c1ccc(F)c2ncccc12. The number of nitrogens with one attached hydrogen (secondary N) is 1. The lowest BCUT2D eigenvalue weighted by Crippen LogP contribution is -2.40. The number of hydrogen-bond acceptors (Lipinski definition) is 6. The van der Waals surface area contributed by atoms with Crippen LogP contribution in [0.3, 0.4) is 0 Å². The van der Waals surface area contributed by atoms with Gasteiger partial charge in [-0.2, -0.15) is 0 Å². The first-order chi connectivity index (χ1) is 12.9. The van der Waals surface area contributed by atoms with Crippen molar-refractivity contribution in [3.05, 3.63) is 36.3 Å². The Morgan fingerprint density at radius 3 is 2.96 bits per heavy atom. The Kier molecular flexibility index (Phi) is 6.03. The van der Waals surface area contributed by atoms with Crippen LogP contribution in [0.1, 0.15) is 26.2 Å². The second-order valence-corrected chi connectivity index (χ2v) is 8.03. The number of ether oxygens (including phenoxy) is 2. The van der Waals surface area contributed by atoms with Gasteiger partial charge >= 0.3 is 0 Å². The van der Waals surface area contributed by atoms with Gasteiger partial charge in [-0.15, -0.1) is 0 Å². The van der Waals surface area contributed by atoms with Crippen LogP contribution in [0.25, 0.3) is 10.9 Å². The summed E-state index contributed by atoms with van der Waals surface area (Å²) in [6.45, 7) is 2.35. The molecular formula is C18H21FN2O5S. The highest BCUT2D eigenvalue weighted by molar-refractivity contribution is 7.90. The van der Waals surface area contributed by atoms with Gasteiger partial charge in [-0.3, -0.25) is 9.78 Å². The van der Waals surface area contributed by atoms with Crippen molar-refractivity contribution in [3.8, 4) is 0 Å². The van der Waals surface area contributed by atoms with E-state index >= 15 is 0 Å². The van der Waals surface area contributed by atoms with Gasteiger partial charge in [0.15, 0.2) is 0 Å². The van der Waals surface area contributed by atoms with E-state index in [1.807, 2.05) is 4.72 Å². The summed E-state index contributed by atoms with van der Waals surface area (Å²) in [4.78, 5) is 15.9. The van der Waals surface area contributed by atoms with Crippen molar-refractivity contribution >= 4 is 26.8 Å². The van der Waals surface area contributed by atoms with Crippen LogP contribution in [0.5, 0.6) is 0 Å². The number of nitrogens with zero attached hydrogens (tertiary/aromatic N) is 1. The summed E-state index contributed by atoms with van der Waals surface area (Å²) in [6, 6.07) is 5.05. The zero-order valence-corrected chi connectivity index (χ0v) is 15.7. The molecule has 1 amide bonds. The summed E-state index contributed by atoms with van der Waals surface area (Å²) in [6.07, 6.45) is 3.19. The van der Waals surface area contributed by atoms with Gasteiger partial charge in [0.2, 0.25) is 0 Å². The lowest BCUT2D eigenvalue weighted by atomic mass is 10.1. The quantitative estimate of drug-likeness (QED) is 0.804. The smallest absolute Gasteiger partial charge is 0.264 e. The lowest BCUT2D eigenvalue weighted by molar-refractivity contribution is -0.133. The Bertz CT molecular complexity index is 928. The molecule has 1 N–H and O–H groups in total. The number of rotatable bonds is 6. The number of carbonyl (C=O) groups excluding carboxylic acids is 1. The van der Waals surface area contributed by atoms with Crippen LogP contribution < -0.4 is 4.72 Å². The Labute approximate surface area is 156 Å². The molecule has 1 aromatic carbocycles. The molecule has 3 rings (SSSR count). The standard InChI is InChI=1S/C18H21FN2O5S/c1-12(26-11-13-5-2-3-10-25-13)18(22)21-27(23,24)16-8-7-15(19)17-14(16)6-4-9-20-17/h4,6-9,12-13H,2-3,5,10-11H2,1H3,(H,21,22)/t12-,13-/m0/s1. The van der Waals surface area contributed by atoms with Crippen LogP contribution in [-0.2, 0) is 24.3 Å². The fraction of sp³-hybridized carbons (Fsp3) is 0.444. The van der Waals surface area contributed by atoms with Crippen molar-refractivity contribution in [3.63, 3.8) is 0 Å². The maximum Gasteiger partial charge on any atom is 0.264 e. The molecule has 2 atom stereocenters. The summed E-state index contributed by atoms with van der Waals surface area (Å²) >= 11 is 0. The van der Waals surface area contributed by atoms with Gasteiger partial charge in [-0.25, -0.2) is 17.5 Å². The number of amides is 1. The van der Waals surface area contributed by atoms with Gasteiger partial charge in [-0.05, 0) is 50.5 Å². The minimum atomic E-state index is -4.21. The number of carbonyl (C=O) groups is 1. The van der Waals surface area contributed by atoms with Crippen molar-refractivity contribution in [2.45, 2.75) is 43.3 Å². The molecule has 7 nitrogen and oxygen atoms in total. The summed E-state index contributed by atoms with van der Waals surface area (Å²) in [5.41, 5.74) is -0.0773. The third-order valence-corrected chi connectivity index (χ3v) is 5.79. The normalized spacial score (nSPS) is 19.0. The number of fused-ring (bicyclic) bond motifs is 1. The average Bonchev–Trinajstić information content (AvgIpc) is 2.66. The molecule has 2 heterocycles. The van der Waals surface area contributed by atoms with E-state index in [1.54, 1.807) is 0 Å². The molecule has 0 aliphatic carbocycles. The van der Waals surface area contributed by atoms with Gasteiger partial charge in [0, 0.05) is 18.2 Å². The van der Waals surface area contributed by atoms with Crippen LogP contribution in [-0.4, -0.2) is 44.7 Å². The van der Waals surface area contributed by atoms with Crippen LogP contribution in [0.4, 0.5) is 4.39 Å². The molecule has 1 aromatic heterocycles. The number of pyridine rings is 1. The van der Waals surface area contributed by atoms with Crippen molar-refractivity contribution in [2.75, 3.05) is 13.2 Å². The fourth-order valence-electron chi connectivity index (χ4n) is 2.88. The first-order valence-electron chi connectivity index (χ1n) is 8.71. The highest BCUT2D eigenvalue weighted by Gasteiger charge is 2.26. The number of halogens is 1. The second kappa shape index (κ2) is 8.28. The zero-order valence-electron chi connectivity index (χ0n) is 14.9. The largest absolute Gasteiger partial charge is 0.376 e. The van der Waals surface area contributed by atoms with E-state index in [1.165, 1.54) is 25.3 Å². The maximum absolute atomic E-state index is 13.8. The summed E-state index contributed by atoms with van der Waals surface area (Å²) in [5, 5.41) is 0.0991. The fourth-order valence-corrected chi connectivity index (χ4v) is 4.13. The lowest BCUT2D eigenvalue weighted by Gasteiger charge is -2.23. The van der Waals surface area contributed by atoms with E-state index < -0.39 is 27.9 Å². The Morgan fingerprint density at radius 2 is 2.22 bits per heavy atom. The molecule has 0 bridgehead atoms. The van der Waals surface area contributed by atoms with Gasteiger partial charge in [0.05, 0.1) is 17.6 Å². The molecule has 0 radical (unpaired) electrons. The molecule has 0 spiro atoms. The minimum Gasteiger partial charge on any atom is -0.376 e. The van der Waals surface area contributed by atoms with Crippen LogP contribution in [0.2, 0.25) is 0 Å². The molecule has 27 heavy (non-hydrogen) atoms. The molecule has 1 saturated heterocycles. The molecule has 146 valence electrons. The van der Waals surface area contributed by atoms with Crippen molar-refractivity contribution in [1.82, 2.24) is 9.71 Å². The highest BCUT2D eigenvalue weighted by atomic mass is 32.2. The van der Waals surface area contributed by atoms with E-state index in [2.05, 4.69) is 4.98 Å². The predicted octanol–water partition coefficient (Wildman–Crippen LogP) is 2.15. The van der Waals surface area contributed by atoms with Crippen LogP contribution in [0, 0.1) is 5.82 Å². The average molecular weight is 396 g/mol. The summed E-state index contributed by atoms with van der Waals surface area (Å²) in [7, 11) is -4.21. The van der Waals surface area contributed by atoms with E-state index in [9.17, 15) is 17.6 Å². The molecule has 0 saturated carbocycles. The Hall–Kier alpha value is -2.10. The molecule has 9 heteroatoms. The monoisotopic (exact) mass is 396 g/mol. The second-order valence-electron chi connectivity index (χ2n) is 6.38. The van der Waals surface area contributed by atoms with Gasteiger partial charge in [0.25, 0.3) is 15.9 Å². The van der Waals surface area contributed by atoms with E-state index in [0.29, 0.717) is 6.61 Å². The van der Waals surface area contributed by atoms with Gasteiger partial charge in [0.1, 0.15) is 17.4 Å². The van der Waals surface area contributed by atoms with Crippen molar-refractivity contribution < 1.29 is 27.1 Å². The summed E-state index contributed by atoms with van der Waals surface area (Å²) in [5.74, 6) is -1.44. The number of aromatic nitrogens is 1. The predicted molar refractivity (Wildman–Crippen MR) is 96.0 cm³/mol. The van der Waals surface area contributed by atoms with E-state index in [-0.39, 0.29) is 28.5 Å². The maximum atomic E-state index is 13.8. The number of hydrogen-bond donors (Lipinski definition) is 1. The first kappa shape index (κ1) is 19.7. The third-order valence-electron chi connectivity index (χ3n) is 4.38. The molecule has 1 aliphatic rings. The van der Waals surface area contributed by atoms with Gasteiger partial charge < -0.3 is 9.47 Å². The molecular weight excluding hydrogens is 375 g/mol. The van der Waals surface area contributed by atoms with Gasteiger partial charge in [-0.1, -0.05) is 0 Å². The summed E-state index contributed by atoms with van der Waals surface area (Å²) < 4.78 is 52.0. The molecule has 2 aromatic rings. The topological polar surface area (TPSA) is 94.6 Å². The first-order valence-corrected chi connectivity index (χ1v) is 10.2. The van der Waals surface area contributed by atoms with Crippen LogP contribution >= 0.6 is 0 Å². The Morgan fingerprint density at radius 1 is 1.41 bits per heavy atom. The van der Waals surface area contributed by atoms with Crippen LogP contribution in [0.15, 0.2) is 35.4 Å². The molecule has 1 fully saturated rings. The third kappa shape index (κ3) is 4.60. The Balaban J connectivity index is 1.70. The van der Waals surface area contributed by atoms with Crippen molar-refractivity contribution in [2.24, 2.45) is 0 Å².